The molecule has 3 rings (SSSR count). The minimum Gasteiger partial charge on any atom is -0.355 e. The Morgan fingerprint density at radius 1 is 1.22 bits per heavy atom. The van der Waals surface area contributed by atoms with Crippen LogP contribution in [0.5, 0.6) is 0 Å². The largest absolute Gasteiger partial charge is 0.355 e. The Morgan fingerprint density at radius 2 is 2.00 bits per heavy atom. The highest BCUT2D eigenvalue weighted by Crippen LogP contribution is 2.17. The van der Waals surface area contributed by atoms with Crippen LogP contribution in [-0.4, -0.2) is 42.3 Å². The molecule has 0 radical (unpaired) electrons. The van der Waals surface area contributed by atoms with Crippen molar-refractivity contribution < 1.29 is 17.7 Å². The van der Waals surface area contributed by atoms with E-state index in [9.17, 15) is 13.2 Å². The van der Waals surface area contributed by atoms with E-state index in [1.54, 1.807) is 5.38 Å². The number of benzene rings is 1. The van der Waals surface area contributed by atoms with Gasteiger partial charge in [0.25, 0.3) is 0 Å². The summed E-state index contributed by atoms with van der Waals surface area (Å²) in [6.07, 6.45) is 1.51. The molecule has 2 heterocycles. The van der Waals surface area contributed by atoms with E-state index in [1.165, 1.54) is 0 Å². The average molecular weight is 407 g/mol. The molecule has 2 N–H and O–H groups in total. The van der Waals surface area contributed by atoms with Crippen LogP contribution in [0.15, 0.2) is 40.2 Å². The number of anilines is 1. The smallest absolute Gasteiger partial charge is 0.231 e. The van der Waals surface area contributed by atoms with Gasteiger partial charge in [-0.3, -0.25) is 9.52 Å². The number of carbonyl (C=O) groups is 1. The Bertz CT molecular complexity index is 1010. The summed E-state index contributed by atoms with van der Waals surface area (Å²) in [6, 6.07) is 9.46. The Balaban J connectivity index is 1.46. The molecule has 27 heavy (non-hydrogen) atoms. The minimum atomic E-state index is -3.38. The average Bonchev–Trinajstić information content (AvgIpc) is 3.24. The van der Waals surface area contributed by atoms with Crippen LogP contribution in [-0.2, 0) is 27.7 Å². The van der Waals surface area contributed by atoms with Crippen LogP contribution >= 0.6 is 11.3 Å². The summed E-state index contributed by atoms with van der Waals surface area (Å²) in [6.45, 7) is 0.341. The zero-order valence-corrected chi connectivity index (χ0v) is 16.0. The number of sulfonamides is 1. The van der Waals surface area contributed by atoms with Crippen molar-refractivity contribution in [2.45, 2.75) is 12.8 Å². The fourth-order valence-corrected chi connectivity index (χ4v) is 3.75. The molecule has 0 aliphatic rings. The predicted molar refractivity (Wildman–Crippen MR) is 101 cm³/mol. The van der Waals surface area contributed by atoms with Gasteiger partial charge in [-0.1, -0.05) is 35.5 Å². The third-order valence-corrected chi connectivity index (χ3v) is 4.83. The van der Waals surface area contributed by atoms with E-state index < -0.39 is 10.0 Å². The van der Waals surface area contributed by atoms with Gasteiger partial charge in [0.15, 0.2) is 5.13 Å². The number of hydrogen-bond donors (Lipinski definition) is 2. The quantitative estimate of drug-likeness (QED) is 0.579. The number of rotatable bonds is 8. The summed E-state index contributed by atoms with van der Waals surface area (Å²) in [7, 11) is -3.38. The second kappa shape index (κ2) is 8.27. The lowest BCUT2D eigenvalue weighted by molar-refractivity contribution is -0.120. The molecule has 0 fully saturated rings. The highest BCUT2D eigenvalue weighted by atomic mass is 32.2. The normalized spacial score (nSPS) is 11.3. The molecular formula is C16H17N5O4S2. The summed E-state index contributed by atoms with van der Waals surface area (Å²) in [5.41, 5.74) is 1.35. The SMILES string of the molecule is CS(=O)(=O)Nc1nc(CC(=O)NCCc2nc(-c3ccccc3)no2)cs1. The molecule has 9 nitrogen and oxygen atoms in total. The number of nitrogens with one attached hydrogen (secondary N) is 2. The van der Waals surface area contributed by atoms with Crippen molar-refractivity contribution in [1.29, 1.82) is 0 Å². The lowest BCUT2D eigenvalue weighted by atomic mass is 10.2. The van der Waals surface area contributed by atoms with Crippen LogP contribution in [0.25, 0.3) is 11.4 Å². The first-order valence-corrected chi connectivity index (χ1v) is 10.7. The molecular weight excluding hydrogens is 390 g/mol. The summed E-state index contributed by atoms with van der Waals surface area (Å²) in [4.78, 5) is 20.3. The lowest BCUT2D eigenvalue weighted by Gasteiger charge is -2.01. The highest BCUT2D eigenvalue weighted by Gasteiger charge is 2.11. The topological polar surface area (TPSA) is 127 Å². The van der Waals surface area contributed by atoms with Gasteiger partial charge >= 0.3 is 0 Å². The zero-order valence-electron chi connectivity index (χ0n) is 14.4. The van der Waals surface area contributed by atoms with Gasteiger partial charge in [0.05, 0.1) is 18.4 Å². The molecule has 0 spiro atoms. The maximum atomic E-state index is 12.0. The lowest BCUT2D eigenvalue weighted by Crippen LogP contribution is -2.27. The number of amides is 1. The van der Waals surface area contributed by atoms with Crippen molar-refractivity contribution in [1.82, 2.24) is 20.4 Å². The second-order valence-electron chi connectivity index (χ2n) is 5.67. The van der Waals surface area contributed by atoms with E-state index >= 15 is 0 Å². The fourth-order valence-electron chi connectivity index (χ4n) is 2.19. The van der Waals surface area contributed by atoms with E-state index in [2.05, 4.69) is 25.2 Å². The summed E-state index contributed by atoms with van der Waals surface area (Å²) in [5.74, 6) is 0.710. The Labute approximate surface area is 159 Å². The van der Waals surface area contributed by atoms with Gasteiger partial charge in [-0.05, 0) is 0 Å². The van der Waals surface area contributed by atoms with E-state index in [0.717, 1.165) is 23.2 Å². The van der Waals surface area contributed by atoms with Crippen LogP contribution in [0.3, 0.4) is 0 Å². The summed E-state index contributed by atoms with van der Waals surface area (Å²) < 4.78 is 29.8. The van der Waals surface area contributed by atoms with Crippen LogP contribution < -0.4 is 10.0 Å². The van der Waals surface area contributed by atoms with Gasteiger partial charge < -0.3 is 9.84 Å². The Morgan fingerprint density at radius 3 is 2.74 bits per heavy atom. The van der Waals surface area contributed by atoms with Crippen molar-refractivity contribution in [2.75, 3.05) is 17.5 Å². The van der Waals surface area contributed by atoms with E-state index in [4.69, 9.17) is 4.52 Å². The maximum absolute atomic E-state index is 12.0. The molecule has 0 saturated heterocycles. The Kier molecular flexibility index (Phi) is 5.81. The van der Waals surface area contributed by atoms with Crippen LogP contribution in [0.2, 0.25) is 0 Å². The van der Waals surface area contributed by atoms with Crippen molar-refractivity contribution in [2.24, 2.45) is 0 Å². The van der Waals surface area contributed by atoms with Gasteiger partial charge in [-0.25, -0.2) is 13.4 Å². The molecule has 11 heteroatoms. The van der Waals surface area contributed by atoms with Gasteiger partial charge in [-0.15, -0.1) is 11.3 Å². The third kappa shape index (κ3) is 5.86. The first-order chi connectivity index (χ1) is 12.9. The van der Waals surface area contributed by atoms with Gasteiger partial charge in [0.2, 0.25) is 27.6 Å². The molecule has 0 aliphatic carbocycles. The summed E-state index contributed by atoms with van der Waals surface area (Å²) >= 11 is 1.13. The number of nitrogens with zero attached hydrogens (tertiary/aromatic N) is 3. The molecule has 0 unspecified atom stereocenters. The van der Waals surface area contributed by atoms with E-state index in [0.29, 0.717) is 30.4 Å². The van der Waals surface area contributed by atoms with Crippen LogP contribution in [0.1, 0.15) is 11.6 Å². The van der Waals surface area contributed by atoms with Gasteiger partial charge in [0.1, 0.15) is 0 Å². The Hall–Kier alpha value is -2.79. The van der Waals surface area contributed by atoms with Crippen molar-refractivity contribution in [3.8, 4) is 11.4 Å². The van der Waals surface area contributed by atoms with Gasteiger partial charge in [-0.2, -0.15) is 4.98 Å². The first-order valence-electron chi connectivity index (χ1n) is 7.96. The molecule has 0 bridgehead atoms. The fraction of sp³-hybridized carbons (Fsp3) is 0.250. The van der Waals surface area contributed by atoms with Crippen LogP contribution in [0, 0.1) is 0 Å². The van der Waals surface area contributed by atoms with Crippen molar-refractivity contribution in [3.63, 3.8) is 0 Å². The number of aromatic nitrogens is 3. The maximum Gasteiger partial charge on any atom is 0.231 e. The van der Waals surface area contributed by atoms with Crippen molar-refractivity contribution >= 4 is 32.4 Å². The number of hydrogen-bond acceptors (Lipinski definition) is 8. The van der Waals surface area contributed by atoms with E-state index in [-0.39, 0.29) is 17.5 Å². The molecule has 1 aromatic carbocycles. The van der Waals surface area contributed by atoms with E-state index in [1.807, 2.05) is 30.3 Å². The molecule has 1 amide bonds. The number of thiazole rings is 1. The third-order valence-electron chi connectivity index (χ3n) is 3.33. The molecule has 0 atom stereocenters. The van der Waals surface area contributed by atoms with Crippen LogP contribution in [0.4, 0.5) is 5.13 Å². The number of carbonyl (C=O) groups excluding carboxylic acids is 1. The zero-order chi connectivity index (χ0) is 19.3. The standard InChI is InChI=1S/C16H17N5O4S2/c1-27(23,24)21-16-18-12(10-26-16)9-13(22)17-8-7-14-19-15(20-25-14)11-5-3-2-4-6-11/h2-6,10H,7-9H2,1H3,(H,17,22)(H,18,21). The van der Waals surface area contributed by atoms with Crippen molar-refractivity contribution in [3.05, 3.63) is 47.3 Å². The second-order valence-corrected chi connectivity index (χ2v) is 8.28. The molecule has 142 valence electrons. The summed E-state index contributed by atoms with van der Waals surface area (Å²) in [5, 5.41) is 8.54. The minimum absolute atomic E-state index is 0.0566. The molecule has 0 saturated carbocycles. The predicted octanol–water partition coefficient (Wildman–Crippen LogP) is 1.47. The molecule has 0 aliphatic heterocycles. The molecule has 2 aromatic heterocycles. The highest BCUT2D eigenvalue weighted by molar-refractivity contribution is 7.92. The first kappa shape index (κ1) is 19.0. The van der Waals surface area contributed by atoms with Gasteiger partial charge in [0, 0.05) is 23.9 Å². The molecule has 3 aromatic rings. The monoisotopic (exact) mass is 407 g/mol.